The lowest BCUT2D eigenvalue weighted by atomic mass is 10.1. The zero-order valence-corrected chi connectivity index (χ0v) is 13.5. The van der Waals surface area contributed by atoms with Crippen LogP contribution in [0.15, 0.2) is 36.5 Å². The molecule has 0 fully saturated rings. The second-order valence-electron chi connectivity index (χ2n) is 5.78. The van der Waals surface area contributed by atoms with Crippen LogP contribution in [-0.4, -0.2) is 9.55 Å². The molecule has 0 amide bonds. The third-order valence-electron chi connectivity index (χ3n) is 3.88. The summed E-state index contributed by atoms with van der Waals surface area (Å²) in [6.45, 7) is 5.60. The van der Waals surface area contributed by atoms with Crippen molar-refractivity contribution in [3.8, 4) is 0 Å². The summed E-state index contributed by atoms with van der Waals surface area (Å²) in [6.07, 6.45) is 10.5. The second-order valence-corrected chi connectivity index (χ2v) is 5.78. The molecule has 0 bridgehead atoms. The molecule has 1 heterocycles. The molecule has 0 aliphatic heterocycles. The Labute approximate surface area is 129 Å². The summed E-state index contributed by atoms with van der Waals surface area (Å²) in [5, 5.41) is 0. The summed E-state index contributed by atoms with van der Waals surface area (Å²) in [6, 6.07) is 10.7. The van der Waals surface area contributed by atoms with E-state index < -0.39 is 0 Å². The van der Waals surface area contributed by atoms with Gasteiger partial charge in [-0.05, 0) is 37.7 Å². The van der Waals surface area contributed by atoms with Crippen LogP contribution in [0.2, 0.25) is 0 Å². The molecule has 0 spiro atoms. The van der Waals surface area contributed by atoms with E-state index in [4.69, 9.17) is 4.98 Å². The zero-order chi connectivity index (χ0) is 14.9. The molecule has 2 nitrogen and oxygen atoms in total. The van der Waals surface area contributed by atoms with Crippen LogP contribution in [0.4, 0.5) is 0 Å². The van der Waals surface area contributed by atoms with Gasteiger partial charge in [0.15, 0.2) is 0 Å². The van der Waals surface area contributed by atoms with Gasteiger partial charge in [-0.25, -0.2) is 4.98 Å². The number of rotatable bonds is 9. The van der Waals surface area contributed by atoms with Gasteiger partial charge in [0.1, 0.15) is 5.82 Å². The Bertz CT molecular complexity index is 514. The highest BCUT2D eigenvalue weighted by Crippen LogP contribution is 2.11. The molecular formula is C19H28N2. The highest BCUT2D eigenvalue weighted by molar-refractivity contribution is 5.15. The lowest BCUT2D eigenvalue weighted by molar-refractivity contribution is 0.598. The Kier molecular flexibility index (Phi) is 6.52. The highest BCUT2D eigenvalue weighted by Gasteiger charge is 2.07. The molecule has 1 aromatic heterocycles. The molecule has 0 aliphatic carbocycles. The smallest absolute Gasteiger partial charge is 0.108 e. The van der Waals surface area contributed by atoms with E-state index in [1.807, 2.05) is 0 Å². The van der Waals surface area contributed by atoms with Crippen molar-refractivity contribution in [1.82, 2.24) is 9.55 Å². The van der Waals surface area contributed by atoms with Gasteiger partial charge in [0, 0.05) is 19.2 Å². The Morgan fingerprint density at radius 3 is 2.43 bits per heavy atom. The molecule has 0 radical (unpaired) electrons. The van der Waals surface area contributed by atoms with Crippen molar-refractivity contribution in [1.29, 1.82) is 0 Å². The SMILES string of the molecule is CCCCn1cc(CCCc2ccccc2)nc1CCC. The maximum Gasteiger partial charge on any atom is 0.108 e. The van der Waals surface area contributed by atoms with Gasteiger partial charge in [-0.1, -0.05) is 50.6 Å². The molecule has 0 unspecified atom stereocenters. The lowest BCUT2D eigenvalue weighted by Crippen LogP contribution is -2.02. The van der Waals surface area contributed by atoms with Crippen molar-refractivity contribution < 1.29 is 0 Å². The van der Waals surface area contributed by atoms with Crippen LogP contribution in [-0.2, 0) is 25.8 Å². The number of aryl methyl sites for hydroxylation is 4. The molecule has 114 valence electrons. The first-order valence-electron chi connectivity index (χ1n) is 8.42. The largest absolute Gasteiger partial charge is 0.335 e. The maximum atomic E-state index is 4.85. The molecule has 2 heteroatoms. The van der Waals surface area contributed by atoms with Crippen LogP contribution >= 0.6 is 0 Å². The van der Waals surface area contributed by atoms with Crippen LogP contribution in [0.5, 0.6) is 0 Å². The van der Waals surface area contributed by atoms with Crippen LogP contribution < -0.4 is 0 Å². The summed E-state index contributed by atoms with van der Waals surface area (Å²) in [5.74, 6) is 1.28. The first kappa shape index (κ1) is 15.8. The Morgan fingerprint density at radius 1 is 0.905 bits per heavy atom. The standard InChI is InChI=1S/C19H28N2/c1-3-5-15-21-16-18(20-19(21)10-4-2)14-9-13-17-11-7-6-8-12-17/h6-8,11-12,16H,3-5,9-10,13-15H2,1-2H3. The maximum absolute atomic E-state index is 4.85. The predicted molar refractivity (Wildman–Crippen MR) is 89.6 cm³/mol. The number of unbranched alkanes of at least 4 members (excludes halogenated alkanes) is 1. The Hall–Kier alpha value is -1.57. The minimum absolute atomic E-state index is 1.09. The van der Waals surface area contributed by atoms with Gasteiger partial charge >= 0.3 is 0 Å². The summed E-state index contributed by atoms with van der Waals surface area (Å²) in [7, 11) is 0. The van der Waals surface area contributed by atoms with Crippen molar-refractivity contribution in [2.24, 2.45) is 0 Å². The van der Waals surface area contributed by atoms with Gasteiger partial charge in [-0.2, -0.15) is 0 Å². The van der Waals surface area contributed by atoms with Crippen molar-refractivity contribution in [3.63, 3.8) is 0 Å². The van der Waals surface area contributed by atoms with E-state index in [-0.39, 0.29) is 0 Å². The fraction of sp³-hybridized carbons (Fsp3) is 0.526. The average molecular weight is 284 g/mol. The first-order valence-corrected chi connectivity index (χ1v) is 8.42. The van der Waals surface area contributed by atoms with Crippen molar-refractivity contribution >= 4 is 0 Å². The highest BCUT2D eigenvalue weighted by atomic mass is 15.1. The first-order chi connectivity index (χ1) is 10.3. The van der Waals surface area contributed by atoms with Crippen LogP contribution in [0.3, 0.4) is 0 Å². The number of nitrogens with zero attached hydrogens (tertiary/aromatic N) is 2. The van der Waals surface area contributed by atoms with Gasteiger partial charge in [0.05, 0.1) is 5.69 Å². The molecule has 2 rings (SSSR count). The Morgan fingerprint density at radius 2 is 1.71 bits per heavy atom. The number of benzene rings is 1. The van der Waals surface area contributed by atoms with Crippen LogP contribution in [0, 0.1) is 0 Å². The van der Waals surface area contributed by atoms with Crippen molar-refractivity contribution in [3.05, 3.63) is 53.6 Å². The van der Waals surface area contributed by atoms with Crippen molar-refractivity contribution in [2.75, 3.05) is 0 Å². The number of hydrogen-bond donors (Lipinski definition) is 0. The van der Waals surface area contributed by atoms with E-state index in [9.17, 15) is 0 Å². The fourth-order valence-electron chi connectivity index (χ4n) is 2.70. The summed E-state index contributed by atoms with van der Waals surface area (Å²) in [5.41, 5.74) is 2.70. The number of aromatic nitrogens is 2. The van der Waals surface area contributed by atoms with Crippen LogP contribution in [0.1, 0.15) is 56.6 Å². The van der Waals surface area contributed by atoms with Gasteiger partial charge in [0.25, 0.3) is 0 Å². The molecule has 0 saturated heterocycles. The average Bonchev–Trinajstić information content (AvgIpc) is 2.89. The molecule has 2 aromatic rings. The van der Waals surface area contributed by atoms with E-state index in [1.54, 1.807) is 0 Å². The number of imidazole rings is 1. The summed E-state index contributed by atoms with van der Waals surface area (Å²) in [4.78, 5) is 4.85. The number of hydrogen-bond acceptors (Lipinski definition) is 1. The van der Waals surface area contributed by atoms with E-state index >= 15 is 0 Å². The normalized spacial score (nSPS) is 11.0. The van der Waals surface area contributed by atoms with E-state index in [1.165, 1.54) is 42.8 Å². The topological polar surface area (TPSA) is 17.8 Å². The Balaban J connectivity index is 1.90. The molecule has 0 saturated carbocycles. The van der Waals surface area contributed by atoms with Gasteiger partial charge in [-0.15, -0.1) is 0 Å². The minimum Gasteiger partial charge on any atom is -0.335 e. The second kappa shape index (κ2) is 8.66. The third-order valence-corrected chi connectivity index (χ3v) is 3.88. The molecule has 21 heavy (non-hydrogen) atoms. The monoisotopic (exact) mass is 284 g/mol. The van der Waals surface area contributed by atoms with Gasteiger partial charge in [-0.3, -0.25) is 0 Å². The van der Waals surface area contributed by atoms with Gasteiger partial charge in [0.2, 0.25) is 0 Å². The zero-order valence-electron chi connectivity index (χ0n) is 13.5. The molecule has 0 atom stereocenters. The molecule has 0 N–H and O–H groups in total. The van der Waals surface area contributed by atoms with Crippen LogP contribution in [0.25, 0.3) is 0 Å². The van der Waals surface area contributed by atoms with Crippen molar-refractivity contribution in [2.45, 2.75) is 65.3 Å². The summed E-state index contributed by atoms with van der Waals surface area (Å²) < 4.78 is 2.38. The van der Waals surface area contributed by atoms with Gasteiger partial charge < -0.3 is 4.57 Å². The van der Waals surface area contributed by atoms with E-state index in [2.05, 4.69) is 54.9 Å². The molecule has 0 aliphatic rings. The molecular weight excluding hydrogens is 256 g/mol. The predicted octanol–water partition coefficient (Wildman–Crippen LogP) is 4.81. The third kappa shape index (κ3) is 5.04. The summed E-state index contributed by atoms with van der Waals surface area (Å²) >= 11 is 0. The minimum atomic E-state index is 1.09. The quantitative estimate of drug-likeness (QED) is 0.646. The lowest BCUT2D eigenvalue weighted by Gasteiger charge is -2.04. The van der Waals surface area contributed by atoms with E-state index in [0.29, 0.717) is 0 Å². The fourth-order valence-corrected chi connectivity index (χ4v) is 2.70. The van der Waals surface area contributed by atoms with E-state index in [0.717, 1.165) is 25.8 Å². The molecule has 1 aromatic carbocycles.